The van der Waals surface area contributed by atoms with E-state index in [1.165, 1.54) is 5.56 Å². The lowest BCUT2D eigenvalue weighted by atomic mass is 10.1. The van der Waals surface area contributed by atoms with E-state index < -0.39 is 0 Å². The smallest absolute Gasteiger partial charge is 0.0240 e. The molecule has 1 aromatic heterocycles. The molecule has 1 aromatic rings. The first-order chi connectivity index (χ1) is 6.86. The molecule has 0 amide bonds. The average Bonchev–Trinajstić information content (AvgIpc) is 2.69. The summed E-state index contributed by atoms with van der Waals surface area (Å²) in [6, 6.07) is 2.66. The number of rotatable bonds is 6. The summed E-state index contributed by atoms with van der Waals surface area (Å²) in [5.74, 6) is 2.70. The maximum Gasteiger partial charge on any atom is 0.0240 e. The molecule has 0 aliphatic carbocycles. The van der Waals surface area contributed by atoms with E-state index >= 15 is 0 Å². The van der Waals surface area contributed by atoms with Crippen LogP contribution >= 0.6 is 11.3 Å². The van der Waals surface area contributed by atoms with E-state index in [4.69, 9.17) is 6.42 Å². The molecule has 1 nitrogen and oxygen atoms in total. The third-order valence-electron chi connectivity index (χ3n) is 2.28. The van der Waals surface area contributed by atoms with Crippen LogP contribution in [0.2, 0.25) is 0 Å². The van der Waals surface area contributed by atoms with E-state index in [9.17, 15) is 0 Å². The van der Waals surface area contributed by atoms with Crippen molar-refractivity contribution in [3.8, 4) is 12.3 Å². The molecule has 0 aromatic carbocycles. The largest absolute Gasteiger partial charge is 0.313 e. The van der Waals surface area contributed by atoms with Crippen molar-refractivity contribution in [1.29, 1.82) is 0 Å². The highest BCUT2D eigenvalue weighted by Crippen LogP contribution is 2.06. The van der Waals surface area contributed by atoms with Crippen LogP contribution in [0.25, 0.3) is 0 Å². The number of hydrogen-bond donors (Lipinski definition) is 1. The molecule has 0 aliphatic rings. The van der Waals surface area contributed by atoms with Gasteiger partial charge in [0.05, 0.1) is 0 Å². The minimum absolute atomic E-state index is 0.485. The summed E-state index contributed by atoms with van der Waals surface area (Å²) < 4.78 is 0. The highest BCUT2D eigenvalue weighted by Gasteiger charge is 2.02. The quantitative estimate of drug-likeness (QED) is 0.707. The Balaban J connectivity index is 2.17. The van der Waals surface area contributed by atoms with Gasteiger partial charge in [0, 0.05) is 12.5 Å². The van der Waals surface area contributed by atoms with E-state index in [2.05, 4.69) is 35.0 Å². The lowest BCUT2D eigenvalue weighted by molar-refractivity contribution is 0.511. The molecule has 1 N–H and O–H groups in total. The molecule has 0 fully saturated rings. The fourth-order valence-corrected chi connectivity index (χ4v) is 2.06. The molecule has 0 spiro atoms. The van der Waals surface area contributed by atoms with Crippen LogP contribution in [0.1, 0.15) is 25.3 Å². The number of thiophene rings is 1. The summed E-state index contributed by atoms with van der Waals surface area (Å²) in [6.07, 6.45) is 8.32. The van der Waals surface area contributed by atoms with Crippen molar-refractivity contribution in [3.05, 3.63) is 22.4 Å². The van der Waals surface area contributed by atoms with Gasteiger partial charge in [0.1, 0.15) is 0 Å². The molecule has 14 heavy (non-hydrogen) atoms. The van der Waals surface area contributed by atoms with Gasteiger partial charge in [-0.1, -0.05) is 6.92 Å². The Labute approximate surface area is 90.5 Å². The predicted molar refractivity (Wildman–Crippen MR) is 63.6 cm³/mol. The fourth-order valence-electron chi connectivity index (χ4n) is 1.36. The molecular formula is C12H17NS. The van der Waals surface area contributed by atoms with E-state index in [1.807, 2.05) is 0 Å². The molecule has 2 heteroatoms. The molecule has 0 bridgehead atoms. The lowest BCUT2D eigenvalue weighted by Gasteiger charge is -2.13. The minimum Gasteiger partial charge on any atom is -0.313 e. The Hall–Kier alpha value is -0.780. The van der Waals surface area contributed by atoms with Crippen LogP contribution < -0.4 is 5.32 Å². The zero-order chi connectivity index (χ0) is 10.2. The summed E-state index contributed by atoms with van der Waals surface area (Å²) in [6.45, 7) is 3.19. The molecule has 76 valence electrons. The first-order valence-electron chi connectivity index (χ1n) is 5.04. The van der Waals surface area contributed by atoms with Crippen LogP contribution in [0, 0.1) is 12.3 Å². The van der Waals surface area contributed by atoms with Crippen LogP contribution in [0.3, 0.4) is 0 Å². The van der Waals surface area contributed by atoms with Gasteiger partial charge in [-0.3, -0.25) is 0 Å². The lowest BCUT2D eigenvalue weighted by Crippen LogP contribution is -2.29. The van der Waals surface area contributed by atoms with Crippen molar-refractivity contribution in [2.24, 2.45) is 0 Å². The molecule has 1 rings (SSSR count). The molecule has 1 unspecified atom stereocenters. The van der Waals surface area contributed by atoms with Gasteiger partial charge in [-0.15, -0.1) is 12.3 Å². The fraction of sp³-hybridized carbons (Fsp3) is 0.500. The van der Waals surface area contributed by atoms with Gasteiger partial charge in [-0.05, 0) is 41.8 Å². The summed E-state index contributed by atoms with van der Waals surface area (Å²) in [4.78, 5) is 0. The Morgan fingerprint density at radius 3 is 3.07 bits per heavy atom. The minimum atomic E-state index is 0.485. The SMILES string of the molecule is C#CCC(CC)NCCc1ccsc1. The van der Waals surface area contributed by atoms with Gasteiger partial charge in [-0.2, -0.15) is 11.3 Å². The zero-order valence-corrected chi connectivity index (χ0v) is 9.44. The van der Waals surface area contributed by atoms with Gasteiger partial charge >= 0.3 is 0 Å². The van der Waals surface area contributed by atoms with Crippen LogP contribution in [0.4, 0.5) is 0 Å². The molecular weight excluding hydrogens is 190 g/mol. The molecule has 1 atom stereocenters. The van der Waals surface area contributed by atoms with E-state index in [0.717, 1.165) is 25.8 Å². The predicted octanol–water partition coefficient (Wildman–Crippen LogP) is 2.68. The second-order valence-corrected chi connectivity index (χ2v) is 4.13. The Morgan fingerprint density at radius 2 is 2.50 bits per heavy atom. The third-order valence-corrected chi connectivity index (χ3v) is 3.02. The van der Waals surface area contributed by atoms with Gasteiger partial charge in [0.2, 0.25) is 0 Å². The Bertz CT molecular complexity index is 271. The van der Waals surface area contributed by atoms with Crippen LogP contribution in [-0.4, -0.2) is 12.6 Å². The molecule has 0 radical (unpaired) electrons. The number of terminal acetylenes is 1. The van der Waals surface area contributed by atoms with Gasteiger partial charge in [-0.25, -0.2) is 0 Å². The summed E-state index contributed by atoms with van der Waals surface area (Å²) in [5, 5.41) is 7.79. The standard InChI is InChI=1S/C12H17NS/c1-3-5-12(4-2)13-8-6-11-7-9-14-10-11/h1,7,9-10,12-13H,4-6,8H2,2H3. The van der Waals surface area contributed by atoms with Gasteiger partial charge in [0.25, 0.3) is 0 Å². The van der Waals surface area contributed by atoms with Gasteiger partial charge in [0.15, 0.2) is 0 Å². The maximum atomic E-state index is 5.28. The van der Waals surface area contributed by atoms with E-state index in [0.29, 0.717) is 6.04 Å². The third kappa shape index (κ3) is 3.95. The zero-order valence-electron chi connectivity index (χ0n) is 8.62. The summed E-state index contributed by atoms with van der Waals surface area (Å²) in [7, 11) is 0. The molecule has 1 heterocycles. The number of hydrogen-bond acceptors (Lipinski definition) is 2. The number of nitrogens with one attached hydrogen (secondary N) is 1. The van der Waals surface area contributed by atoms with Crippen LogP contribution in [0.15, 0.2) is 16.8 Å². The van der Waals surface area contributed by atoms with Crippen molar-refractivity contribution >= 4 is 11.3 Å². The summed E-state index contributed by atoms with van der Waals surface area (Å²) in [5.41, 5.74) is 1.41. The van der Waals surface area contributed by atoms with Crippen LogP contribution in [0.5, 0.6) is 0 Å². The molecule has 0 saturated heterocycles. The van der Waals surface area contributed by atoms with Crippen molar-refractivity contribution in [1.82, 2.24) is 5.32 Å². The van der Waals surface area contributed by atoms with E-state index in [1.54, 1.807) is 11.3 Å². The van der Waals surface area contributed by atoms with Crippen molar-refractivity contribution in [2.75, 3.05) is 6.54 Å². The van der Waals surface area contributed by atoms with Gasteiger partial charge < -0.3 is 5.32 Å². The first-order valence-corrected chi connectivity index (χ1v) is 5.99. The highest BCUT2D eigenvalue weighted by molar-refractivity contribution is 7.07. The second kappa shape index (κ2) is 6.64. The highest BCUT2D eigenvalue weighted by atomic mass is 32.1. The van der Waals surface area contributed by atoms with Crippen molar-refractivity contribution in [3.63, 3.8) is 0 Å². The molecule has 0 saturated carbocycles. The van der Waals surface area contributed by atoms with E-state index in [-0.39, 0.29) is 0 Å². The van der Waals surface area contributed by atoms with Crippen LogP contribution in [-0.2, 0) is 6.42 Å². The monoisotopic (exact) mass is 207 g/mol. The average molecular weight is 207 g/mol. The Morgan fingerprint density at radius 1 is 1.64 bits per heavy atom. The Kier molecular flexibility index (Phi) is 5.36. The molecule has 0 aliphatic heterocycles. The maximum absolute atomic E-state index is 5.28. The van der Waals surface area contributed by atoms with Crippen molar-refractivity contribution in [2.45, 2.75) is 32.2 Å². The topological polar surface area (TPSA) is 12.0 Å². The first kappa shape index (κ1) is 11.3. The second-order valence-electron chi connectivity index (χ2n) is 3.35. The summed E-state index contributed by atoms with van der Waals surface area (Å²) >= 11 is 1.75. The van der Waals surface area contributed by atoms with Crippen molar-refractivity contribution < 1.29 is 0 Å². The normalized spacial score (nSPS) is 12.3.